The molecule has 0 radical (unpaired) electrons. The molecular weight excluding hydrogens is 311 g/mol. The van der Waals surface area contributed by atoms with Crippen molar-refractivity contribution in [1.29, 1.82) is 0 Å². The van der Waals surface area contributed by atoms with Crippen LogP contribution in [0.4, 0.5) is 0 Å². The smallest absolute Gasteiger partial charge is 0.246 e. The van der Waals surface area contributed by atoms with E-state index in [1.807, 2.05) is 13.8 Å². The summed E-state index contributed by atoms with van der Waals surface area (Å²) in [6, 6.07) is 4.46. The number of hydrogen-bond acceptors (Lipinski definition) is 2. The van der Waals surface area contributed by atoms with Crippen LogP contribution in [0.2, 0.25) is 10.0 Å². The first kappa shape index (κ1) is 16.1. The van der Waals surface area contributed by atoms with Gasteiger partial charge in [-0.2, -0.15) is 0 Å². The highest BCUT2D eigenvalue weighted by atomic mass is 35.5. The highest BCUT2D eigenvalue weighted by Gasteiger charge is 2.35. The number of carbonyl (C=O) groups is 2. The third-order valence-electron chi connectivity index (χ3n) is 3.69. The Labute approximate surface area is 134 Å². The first-order chi connectivity index (χ1) is 9.93. The lowest BCUT2D eigenvalue weighted by molar-refractivity contribution is -0.146. The topological polar surface area (TPSA) is 49.4 Å². The van der Waals surface area contributed by atoms with Crippen LogP contribution < -0.4 is 5.32 Å². The molecule has 2 rings (SSSR count). The van der Waals surface area contributed by atoms with Crippen LogP contribution in [0.15, 0.2) is 18.2 Å². The van der Waals surface area contributed by atoms with E-state index in [9.17, 15) is 9.59 Å². The number of rotatable bonds is 4. The fourth-order valence-corrected chi connectivity index (χ4v) is 3.12. The summed E-state index contributed by atoms with van der Waals surface area (Å²) in [6.45, 7) is 3.91. The van der Waals surface area contributed by atoms with Crippen LogP contribution in [0.5, 0.6) is 0 Å². The van der Waals surface area contributed by atoms with Gasteiger partial charge in [-0.25, -0.2) is 0 Å². The van der Waals surface area contributed by atoms with Crippen LogP contribution >= 0.6 is 23.2 Å². The molecule has 2 amide bonds. The minimum Gasteiger partial charge on any atom is -0.343 e. The zero-order valence-electron chi connectivity index (χ0n) is 12.0. The van der Waals surface area contributed by atoms with E-state index in [0.29, 0.717) is 16.5 Å². The van der Waals surface area contributed by atoms with Gasteiger partial charge in [-0.3, -0.25) is 9.59 Å². The summed E-state index contributed by atoms with van der Waals surface area (Å²) in [6.07, 6.45) is 1.47. The first-order valence-corrected chi connectivity index (χ1v) is 7.74. The minimum atomic E-state index is -0.440. The first-order valence-electron chi connectivity index (χ1n) is 6.98. The van der Waals surface area contributed by atoms with Crippen LogP contribution in [0.1, 0.15) is 38.3 Å². The largest absolute Gasteiger partial charge is 0.343 e. The van der Waals surface area contributed by atoms with Gasteiger partial charge in [0.15, 0.2) is 0 Å². The van der Waals surface area contributed by atoms with Crippen molar-refractivity contribution in [3.05, 3.63) is 33.8 Å². The van der Waals surface area contributed by atoms with Crippen molar-refractivity contribution in [2.45, 2.75) is 38.8 Å². The standard InChI is InChI=1S/C15H18Cl2N2O2/c1-3-4-13-15(21)19(8-14(20)18-13)9(2)11-6-5-10(16)7-12(11)17/h5-7,9,13H,3-4,8H2,1-2H3,(H,18,20). The number of piperazine rings is 1. The van der Waals surface area contributed by atoms with Crippen molar-refractivity contribution in [3.63, 3.8) is 0 Å². The highest BCUT2D eigenvalue weighted by molar-refractivity contribution is 6.35. The predicted molar refractivity (Wildman–Crippen MR) is 83.4 cm³/mol. The van der Waals surface area contributed by atoms with E-state index in [2.05, 4.69) is 5.32 Å². The summed E-state index contributed by atoms with van der Waals surface area (Å²) in [4.78, 5) is 25.9. The van der Waals surface area contributed by atoms with Gasteiger partial charge < -0.3 is 10.2 Å². The van der Waals surface area contributed by atoms with Crippen LogP contribution in [-0.4, -0.2) is 29.3 Å². The van der Waals surface area contributed by atoms with E-state index in [-0.39, 0.29) is 24.4 Å². The van der Waals surface area contributed by atoms with Gasteiger partial charge in [0.25, 0.3) is 0 Å². The molecule has 0 spiro atoms. The van der Waals surface area contributed by atoms with Gasteiger partial charge in [-0.1, -0.05) is 42.6 Å². The average Bonchev–Trinajstić information content (AvgIpc) is 2.42. The van der Waals surface area contributed by atoms with Crippen LogP contribution in [-0.2, 0) is 9.59 Å². The van der Waals surface area contributed by atoms with Gasteiger partial charge in [0.2, 0.25) is 11.8 Å². The van der Waals surface area contributed by atoms with Crippen LogP contribution in [0.25, 0.3) is 0 Å². The van der Waals surface area contributed by atoms with E-state index in [4.69, 9.17) is 23.2 Å². The molecule has 0 bridgehead atoms. The minimum absolute atomic E-state index is 0.0547. The monoisotopic (exact) mass is 328 g/mol. The molecule has 0 saturated carbocycles. The maximum atomic E-state index is 12.5. The Kier molecular flexibility index (Phi) is 5.12. The zero-order valence-corrected chi connectivity index (χ0v) is 13.5. The third-order valence-corrected chi connectivity index (χ3v) is 4.25. The molecule has 1 fully saturated rings. The lowest BCUT2D eigenvalue weighted by Crippen LogP contribution is -2.58. The Bertz CT molecular complexity index is 563. The molecule has 1 aliphatic heterocycles. The fraction of sp³-hybridized carbons (Fsp3) is 0.467. The molecule has 4 nitrogen and oxygen atoms in total. The van der Waals surface area contributed by atoms with E-state index in [1.165, 1.54) is 0 Å². The molecule has 6 heteroatoms. The van der Waals surface area contributed by atoms with E-state index >= 15 is 0 Å². The van der Waals surface area contributed by atoms with Crippen LogP contribution in [0, 0.1) is 0 Å². The number of halogens is 2. The molecule has 1 aromatic carbocycles. The van der Waals surface area contributed by atoms with E-state index in [1.54, 1.807) is 23.1 Å². The number of nitrogens with zero attached hydrogens (tertiary/aromatic N) is 1. The molecular formula is C15H18Cl2N2O2. The number of hydrogen-bond donors (Lipinski definition) is 1. The van der Waals surface area contributed by atoms with Crippen LogP contribution in [0.3, 0.4) is 0 Å². The number of nitrogens with one attached hydrogen (secondary N) is 1. The molecule has 1 aromatic rings. The van der Waals surface area contributed by atoms with Crippen molar-refractivity contribution in [2.75, 3.05) is 6.54 Å². The lowest BCUT2D eigenvalue weighted by Gasteiger charge is -2.37. The predicted octanol–water partition coefficient (Wildman–Crippen LogP) is 3.18. The Morgan fingerprint density at radius 1 is 1.38 bits per heavy atom. The van der Waals surface area contributed by atoms with Gasteiger partial charge in [-0.15, -0.1) is 0 Å². The third kappa shape index (κ3) is 3.50. The van der Waals surface area contributed by atoms with Crippen molar-refractivity contribution in [2.24, 2.45) is 0 Å². The molecule has 1 saturated heterocycles. The van der Waals surface area contributed by atoms with Crippen molar-refractivity contribution in [1.82, 2.24) is 10.2 Å². The molecule has 114 valence electrons. The summed E-state index contributed by atoms with van der Waals surface area (Å²) in [5.74, 6) is -0.194. The number of benzene rings is 1. The quantitative estimate of drug-likeness (QED) is 0.922. The Morgan fingerprint density at radius 2 is 2.10 bits per heavy atom. The molecule has 2 atom stereocenters. The van der Waals surface area contributed by atoms with Gasteiger partial charge >= 0.3 is 0 Å². The maximum absolute atomic E-state index is 12.5. The normalized spacial score (nSPS) is 20.4. The molecule has 1 N–H and O–H groups in total. The van der Waals surface area contributed by atoms with Gasteiger partial charge in [0.1, 0.15) is 12.6 Å². The van der Waals surface area contributed by atoms with E-state index < -0.39 is 6.04 Å². The molecule has 0 aliphatic carbocycles. The summed E-state index contributed by atoms with van der Waals surface area (Å²) in [5.41, 5.74) is 0.791. The maximum Gasteiger partial charge on any atom is 0.246 e. The summed E-state index contributed by atoms with van der Waals surface area (Å²) in [5, 5.41) is 3.79. The lowest BCUT2D eigenvalue weighted by atomic mass is 10.0. The molecule has 2 unspecified atom stereocenters. The summed E-state index contributed by atoms with van der Waals surface area (Å²) in [7, 11) is 0. The van der Waals surface area contributed by atoms with Gasteiger partial charge in [0, 0.05) is 10.0 Å². The van der Waals surface area contributed by atoms with Gasteiger partial charge in [0.05, 0.1) is 6.04 Å². The Balaban J connectivity index is 2.26. The Morgan fingerprint density at radius 3 is 2.71 bits per heavy atom. The molecule has 0 aromatic heterocycles. The second kappa shape index (κ2) is 6.67. The van der Waals surface area contributed by atoms with Crippen molar-refractivity contribution >= 4 is 35.0 Å². The van der Waals surface area contributed by atoms with Crippen molar-refractivity contribution < 1.29 is 9.59 Å². The fourth-order valence-electron chi connectivity index (χ4n) is 2.55. The number of amides is 2. The second-order valence-electron chi connectivity index (χ2n) is 5.22. The molecule has 1 heterocycles. The second-order valence-corrected chi connectivity index (χ2v) is 6.06. The summed E-state index contributed by atoms with van der Waals surface area (Å²) < 4.78 is 0. The summed E-state index contributed by atoms with van der Waals surface area (Å²) >= 11 is 12.1. The average molecular weight is 329 g/mol. The highest BCUT2D eigenvalue weighted by Crippen LogP contribution is 2.30. The van der Waals surface area contributed by atoms with Gasteiger partial charge in [-0.05, 0) is 31.0 Å². The van der Waals surface area contributed by atoms with Crippen molar-refractivity contribution in [3.8, 4) is 0 Å². The van der Waals surface area contributed by atoms with E-state index in [0.717, 1.165) is 12.0 Å². The SMILES string of the molecule is CCCC1NC(=O)CN(C(C)c2ccc(Cl)cc2Cl)C1=O. The number of carbonyl (C=O) groups excluding carboxylic acids is 2. The Hall–Kier alpha value is -1.26. The zero-order chi connectivity index (χ0) is 15.6. The molecule has 1 aliphatic rings. The molecule has 21 heavy (non-hydrogen) atoms.